The number of amides is 3. The molecule has 30 heavy (non-hydrogen) atoms. The number of hydrogen-bond acceptors (Lipinski definition) is 5. The summed E-state index contributed by atoms with van der Waals surface area (Å²) in [7, 11) is 0. The third-order valence-electron chi connectivity index (χ3n) is 5.18. The van der Waals surface area contributed by atoms with Gasteiger partial charge in [-0.3, -0.25) is 9.78 Å². The summed E-state index contributed by atoms with van der Waals surface area (Å²) in [4.78, 5) is 36.3. The zero-order chi connectivity index (χ0) is 21.0. The van der Waals surface area contributed by atoms with Crippen LogP contribution in [-0.4, -0.2) is 46.2 Å². The number of carbonyl (C=O) groups excluding carboxylic acids is 2. The number of aromatic nitrogens is 1. The number of piperidine rings is 1. The predicted molar refractivity (Wildman–Crippen MR) is 108 cm³/mol. The second-order valence-corrected chi connectivity index (χ2v) is 7.50. The van der Waals surface area contributed by atoms with Crippen LogP contribution in [-0.2, 0) is 16.2 Å². The van der Waals surface area contributed by atoms with Crippen molar-refractivity contribution in [1.82, 2.24) is 15.2 Å². The Hall–Kier alpha value is -3.49. The fourth-order valence-electron chi connectivity index (χ4n) is 3.71. The number of nitrogens with one attached hydrogen (secondary N) is 2. The summed E-state index contributed by atoms with van der Waals surface area (Å²) >= 11 is 0. The van der Waals surface area contributed by atoms with Crippen LogP contribution >= 0.6 is 0 Å². The molecule has 1 atom stereocenters. The smallest absolute Gasteiger partial charge is 0.317 e. The van der Waals surface area contributed by atoms with Crippen molar-refractivity contribution < 1.29 is 18.8 Å². The Balaban J connectivity index is 1.32. The predicted octanol–water partition coefficient (Wildman–Crippen LogP) is 2.68. The van der Waals surface area contributed by atoms with E-state index in [2.05, 4.69) is 20.8 Å². The van der Waals surface area contributed by atoms with E-state index in [1.807, 2.05) is 0 Å². The van der Waals surface area contributed by atoms with Crippen LogP contribution in [0.5, 0.6) is 0 Å². The van der Waals surface area contributed by atoms with Crippen molar-refractivity contribution in [1.29, 1.82) is 0 Å². The second-order valence-electron chi connectivity index (χ2n) is 7.50. The van der Waals surface area contributed by atoms with Crippen molar-refractivity contribution in [3.63, 3.8) is 0 Å². The van der Waals surface area contributed by atoms with Crippen molar-refractivity contribution in [2.45, 2.75) is 31.4 Å². The number of halogens is 1. The summed E-state index contributed by atoms with van der Waals surface area (Å²) in [5.41, 5.74) is 0.856. The van der Waals surface area contributed by atoms with Gasteiger partial charge in [0.1, 0.15) is 11.5 Å². The van der Waals surface area contributed by atoms with Crippen molar-refractivity contribution in [2.75, 3.05) is 18.4 Å². The fraction of sp³-hybridized carbons (Fsp3) is 0.333. The minimum absolute atomic E-state index is 0.232. The first kappa shape index (κ1) is 19.8. The molecule has 9 heteroatoms. The fourth-order valence-corrected chi connectivity index (χ4v) is 3.71. The molecular weight excluding hydrogens is 389 g/mol. The standard InChI is InChI=1S/C21H22FN5O3/c22-16-5-1-4-15(10-16)12-24-20(29)27-9-3-7-21(14-27)11-18(26-30-21)19(28)25-17-6-2-8-23-13-17/h1-2,4-6,8,10,13H,3,7,9,11-12,14H2,(H,24,29)(H,25,28). The maximum absolute atomic E-state index is 13.3. The number of urea groups is 1. The van der Waals surface area contributed by atoms with Gasteiger partial charge in [0.2, 0.25) is 0 Å². The van der Waals surface area contributed by atoms with Gasteiger partial charge in [-0.05, 0) is 42.7 Å². The topological polar surface area (TPSA) is 95.9 Å². The van der Waals surface area contributed by atoms with Gasteiger partial charge in [0.05, 0.1) is 18.4 Å². The van der Waals surface area contributed by atoms with E-state index in [9.17, 15) is 14.0 Å². The van der Waals surface area contributed by atoms with Crippen molar-refractivity contribution in [2.24, 2.45) is 5.16 Å². The van der Waals surface area contributed by atoms with Gasteiger partial charge in [0, 0.05) is 25.7 Å². The highest BCUT2D eigenvalue weighted by Gasteiger charge is 2.45. The SMILES string of the molecule is O=C(Nc1cccnc1)C1=NOC2(CCCN(C(=O)NCc3cccc(F)c3)C2)C1. The lowest BCUT2D eigenvalue weighted by Gasteiger charge is -2.38. The van der Waals surface area contributed by atoms with Gasteiger partial charge in [-0.2, -0.15) is 0 Å². The Labute approximate surface area is 173 Å². The number of anilines is 1. The molecule has 1 fully saturated rings. The van der Waals surface area contributed by atoms with E-state index in [-0.39, 0.29) is 24.3 Å². The molecule has 1 aromatic carbocycles. The van der Waals surface area contributed by atoms with Gasteiger partial charge in [-0.15, -0.1) is 0 Å². The van der Waals surface area contributed by atoms with Gasteiger partial charge in [-0.1, -0.05) is 17.3 Å². The number of oxime groups is 1. The first-order valence-electron chi connectivity index (χ1n) is 9.77. The molecule has 2 aliphatic heterocycles. The lowest BCUT2D eigenvalue weighted by molar-refractivity contribution is -0.110. The number of nitrogens with zero attached hydrogens (tertiary/aromatic N) is 3. The van der Waals surface area contributed by atoms with Crippen LogP contribution in [0.2, 0.25) is 0 Å². The Kier molecular flexibility index (Phi) is 5.60. The second kappa shape index (κ2) is 8.48. The van der Waals surface area contributed by atoms with Gasteiger partial charge in [0.15, 0.2) is 5.60 Å². The van der Waals surface area contributed by atoms with Gasteiger partial charge in [0.25, 0.3) is 5.91 Å². The lowest BCUT2D eigenvalue weighted by Crippen LogP contribution is -2.53. The number of benzene rings is 1. The third-order valence-corrected chi connectivity index (χ3v) is 5.18. The van der Waals surface area contributed by atoms with Crippen LogP contribution in [0.4, 0.5) is 14.9 Å². The van der Waals surface area contributed by atoms with E-state index >= 15 is 0 Å². The summed E-state index contributed by atoms with van der Waals surface area (Å²) in [6.07, 6.45) is 4.94. The molecule has 2 aliphatic rings. The van der Waals surface area contributed by atoms with Gasteiger partial charge >= 0.3 is 6.03 Å². The average molecular weight is 411 g/mol. The van der Waals surface area contributed by atoms with E-state index in [0.717, 1.165) is 6.42 Å². The number of rotatable bonds is 4. The minimum Gasteiger partial charge on any atom is -0.386 e. The molecule has 3 amide bonds. The number of pyridine rings is 1. The van der Waals surface area contributed by atoms with Crippen molar-refractivity contribution in [3.8, 4) is 0 Å². The van der Waals surface area contributed by atoms with E-state index in [0.29, 0.717) is 42.9 Å². The van der Waals surface area contributed by atoms with Crippen LogP contribution in [0.1, 0.15) is 24.8 Å². The summed E-state index contributed by atoms with van der Waals surface area (Å²) in [5, 5.41) is 9.55. The van der Waals surface area contributed by atoms with Crippen LogP contribution < -0.4 is 10.6 Å². The minimum atomic E-state index is -0.698. The van der Waals surface area contributed by atoms with Gasteiger partial charge in [-0.25, -0.2) is 9.18 Å². The van der Waals surface area contributed by atoms with E-state index in [4.69, 9.17) is 4.84 Å². The Morgan fingerprint density at radius 1 is 1.27 bits per heavy atom. The number of hydrogen-bond donors (Lipinski definition) is 2. The molecule has 2 aromatic rings. The molecule has 1 saturated heterocycles. The summed E-state index contributed by atoms with van der Waals surface area (Å²) in [6, 6.07) is 9.32. The lowest BCUT2D eigenvalue weighted by atomic mass is 9.88. The summed E-state index contributed by atoms with van der Waals surface area (Å²) < 4.78 is 13.3. The normalized spacial score (nSPS) is 20.4. The van der Waals surface area contributed by atoms with Crippen molar-refractivity contribution in [3.05, 3.63) is 60.2 Å². The molecule has 4 rings (SSSR count). The highest BCUT2D eigenvalue weighted by atomic mass is 19.1. The third kappa shape index (κ3) is 4.56. The molecule has 0 saturated carbocycles. The summed E-state index contributed by atoms with van der Waals surface area (Å²) in [6.45, 7) is 1.14. The van der Waals surface area contributed by atoms with Crippen molar-refractivity contribution >= 4 is 23.3 Å². The van der Waals surface area contributed by atoms with E-state index < -0.39 is 5.60 Å². The van der Waals surface area contributed by atoms with E-state index in [1.165, 1.54) is 12.1 Å². The molecule has 0 aliphatic carbocycles. The monoisotopic (exact) mass is 411 g/mol. The molecule has 2 N–H and O–H groups in total. The zero-order valence-corrected chi connectivity index (χ0v) is 16.3. The Bertz CT molecular complexity index is 968. The summed E-state index contributed by atoms with van der Waals surface area (Å²) in [5.74, 6) is -0.681. The quantitative estimate of drug-likeness (QED) is 0.809. The zero-order valence-electron chi connectivity index (χ0n) is 16.3. The largest absolute Gasteiger partial charge is 0.386 e. The van der Waals surface area contributed by atoms with Crippen LogP contribution in [0.15, 0.2) is 53.9 Å². The molecule has 1 aromatic heterocycles. The highest BCUT2D eigenvalue weighted by molar-refractivity contribution is 6.43. The maximum Gasteiger partial charge on any atom is 0.317 e. The molecule has 1 unspecified atom stereocenters. The molecule has 156 valence electrons. The van der Waals surface area contributed by atoms with Crippen LogP contribution in [0.3, 0.4) is 0 Å². The number of carbonyl (C=O) groups is 2. The average Bonchev–Trinajstić information content (AvgIpc) is 3.16. The van der Waals surface area contributed by atoms with Gasteiger partial charge < -0.3 is 20.4 Å². The molecule has 0 bridgehead atoms. The van der Waals surface area contributed by atoms with Crippen LogP contribution in [0, 0.1) is 5.82 Å². The Morgan fingerprint density at radius 2 is 2.17 bits per heavy atom. The first-order chi connectivity index (χ1) is 14.5. The molecule has 8 nitrogen and oxygen atoms in total. The first-order valence-corrected chi connectivity index (χ1v) is 9.77. The highest BCUT2D eigenvalue weighted by Crippen LogP contribution is 2.33. The van der Waals surface area contributed by atoms with Crippen LogP contribution in [0.25, 0.3) is 0 Å². The molecule has 3 heterocycles. The molecule has 1 spiro atoms. The molecular formula is C21H22FN5O3. The maximum atomic E-state index is 13.3. The van der Waals surface area contributed by atoms with E-state index in [1.54, 1.807) is 41.6 Å². The Morgan fingerprint density at radius 3 is 2.97 bits per heavy atom. The number of likely N-dealkylation sites (tertiary alicyclic amines) is 1. The molecule has 0 radical (unpaired) electrons.